The molecule has 3 rings (SSSR count). The molecule has 2 aromatic rings. The molecule has 0 bridgehead atoms. The topological polar surface area (TPSA) is 201 Å². The second-order valence-electron chi connectivity index (χ2n) is 13.4. The fourth-order valence-corrected chi connectivity index (χ4v) is 12.8. The van der Waals surface area contributed by atoms with Crippen LogP contribution in [0, 0.1) is 13.8 Å². The van der Waals surface area contributed by atoms with Crippen molar-refractivity contribution in [3.8, 4) is 0 Å². The van der Waals surface area contributed by atoms with Gasteiger partial charge in [0.25, 0.3) is 22.6 Å². The third kappa shape index (κ3) is 22.3. The van der Waals surface area contributed by atoms with Crippen LogP contribution in [0.2, 0.25) is 0 Å². The third-order valence-electron chi connectivity index (χ3n) is 8.43. The largest absolute Gasteiger partial charge is 0.464 e. The Hall–Kier alpha value is 0.620. The summed E-state index contributed by atoms with van der Waals surface area (Å²) in [6.07, 6.45) is 4.50. The Labute approximate surface area is 401 Å². The van der Waals surface area contributed by atoms with Gasteiger partial charge in [0.1, 0.15) is 35.5 Å². The van der Waals surface area contributed by atoms with E-state index in [4.69, 9.17) is 122 Å². The molecule has 6 unspecified atom stereocenters. The Kier molecular flexibility index (Phi) is 31.6. The van der Waals surface area contributed by atoms with Gasteiger partial charge in [-0.05, 0) is 50.1 Å². The molecular formula is C35H61Cl8N8O7P3. The van der Waals surface area contributed by atoms with Crippen molar-refractivity contribution < 1.29 is 31.7 Å². The molecule has 7 N–H and O–H groups in total. The Morgan fingerprint density at radius 3 is 1.66 bits per heavy atom. The summed E-state index contributed by atoms with van der Waals surface area (Å²) in [4.78, 5) is 4.15. The van der Waals surface area contributed by atoms with E-state index in [9.17, 15) is 13.7 Å². The number of nitrogens with two attached hydrogens (primary N) is 2. The summed E-state index contributed by atoms with van der Waals surface area (Å²) < 4.78 is 63.6. The number of aromatic nitrogens is 1. The predicted octanol–water partition coefficient (Wildman–Crippen LogP) is 9.16. The van der Waals surface area contributed by atoms with Crippen molar-refractivity contribution in [1.29, 1.82) is 0 Å². The summed E-state index contributed by atoms with van der Waals surface area (Å²) in [6.45, 7) is 8.42. The molecule has 1 aliphatic heterocycles. The minimum atomic E-state index is -3.35. The van der Waals surface area contributed by atoms with Gasteiger partial charge < -0.3 is 38.5 Å². The number of rotatable bonds is 29. The van der Waals surface area contributed by atoms with Crippen LogP contribution in [0.1, 0.15) is 36.1 Å². The summed E-state index contributed by atoms with van der Waals surface area (Å²) >= 11 is 46.2. The quantitative estimate of drug-likeness (QED) is 0.0382. The molecule has 354 valence electrons. The van der Waals surface area contributed by atoms with Crippen molar-refractivity contribution in [3.05, 3.63) is 58.9 Å². The van der Waals surface area contributed by atoms with Gasteiger partial charge in [0.2, 0.25) is 0 Å². The van der Waals surface area contributed by atoms with E-state index in [0.29, 0.717) is 67.9 Å². The predicted molar refractivity (Wildman–Crippen MR) is 259 cm³/mol. The van der Waals surface area contributed by atoms with Gasteiger partial charge in [-0.1, -0.05) is 0 Å². The molecule has 1 aliphatic rings. The van der Waals surface area contributed by atoms with Crippen LogP contribution in [0.4, 0.5) is 0 Å². The zero-order valence-electron chi connectivity index (χ0n) is 34.9. The molecule has 0 spiro atoms. The maximum atomic E-state index is 13.8. The van der Waals surface area contributed by atoms with Gasteiger partial charge in [0.15, 0.2) is 0 Å². The summed E-state index contributed by atoms with van der Waals surface area (Å²) in [5, 5.41) is 8.93. The van der Waals surface area contributed by atoms with Crippen LogP contribution in [-0.2, 0) is 47.5 Å². The van der Waals surface area contributed by atoms with E-state index in [1.807, 2.05) is 44.6 Å². The van der Waals surface area contributed by atoms with Crippen molar-refractivity contribution in [2.24, 2.45) is 23.0 Å². The van der Waals surface area contributed by atoms with E-state index >= 15 is 0 Å². The maximum absolute atomic E-state index is 13.8. The number of hydrogen-bond acceptors (Lipinski definition) is 11. The van der Waals surface area contributed by atoms with Crippen LogP contribution in [-0.4, -0.2) is 119 Å². The summed E-state index contributed by atoms with van der Waals surface area (Å²) in [6, 6.07) is 5.54. The highest BCUT2D eigenvalue weighted by Crippen LogP contribution is 2.55. The zero-order valence-corrected chi connectivity index (χ0v) is 43.6. The van der Waals surface area contributed by atoms with E-state index in [2.05, 4.69) is 20.9 Å². The van der Waals surface area contributed by atoms with Crippen molar-refractivity contribution in [2.75, 3.05) is 86.4 Å². The number of aryl methyl sites for hydroxylation is 3. The first-order valence-corrected chi connectivity index (χ1v) is 28.5. The Morgan fingerprint density at radius 2 is 1.26 bits per heavy atom. The zero-order chi connectivity index (χ0) is 46.1. The first kappa shape index (κ1) is 59.6. The van der Waals surface area contributed by atoms with Crippen LogP contribution in [0.5, 0.6) is 0 Å². The highest BCUT2D eigenvalue weighted by molar-refractivity contribution is 7.58. The number of hydrogen-bond donors (Lipinski definition) is 5. The van der Waals surface area contributed by atoms with Gasteiger partial charge in [0.05, 0.1) is 13.2 Å². The average molecular weight is 1080 g/mol. The lowest BCUT2D eigenvalue weighted by Gasteiger charge is -2.35. The molecule has 0 aromatic carbocycles. The highest BCUT2D eigenvalue weighted by Gasteiger charge is 2.40. The van der Waals surface area contributed by atoms with Crippen molar-refractivity contribution in [2.45, 2.75) is 57.8 Å². The Bertz CT molecular complexity index is 1740. The van der Waals surface area contributed by atoms with E-state index in [0.717, 1.165) is 34.7 Å². The molecule has 61 heavy (non-hydrogen) atoms. The minimum absolute atomic E-state index is 0.0531. The van der Waals surface area contributed by atoms with Gasteiger partial charge in [-0.15, -0.1) is 92.8 Å². The fourth-order valence-electron chi connectivity index (χ4n) is 5.31. The molecule has 0 amide bonds. The number of nitrogens with one attached hydrogen (secondary N) is 3. The molecule has 2 aromatic heterocycles. The van der Waals surface area contributed by atoms with Gasteiger partial charge in [-0.25, -0.2) is 4.67 Å². The summed E-state index contributed by atoms with van der Waals surface area (Å²) in [5.74, 6) is 1.68. The molecule has 0 aliphatic carbocycles. The molecular weight excluding hydrogens is 1020 g/mol. The second-order valence-corrected chi connectivity index (χ2v) is 23.2. The minimum Gasteiger partial charge on any atom is -0.464 e. The van der Waals surface area contributed by atoms with E-state index < -0.39 is 39.9 Å². The van der Waals surface area contributed by atoms with Crippen LogP contribution >= 0.6 is 115 Å². The number of allylic oxidation sites excluding steroid dienone is 1. The van der Waals surface area contributed by atoms with Crippen LogP contribution in [0.3, 0.4) is 0 Å². The number of aliphatic imine (C=N–C) groups is 1. The van der Waals surface area contributed by atoms with E-state index in [-0.39, 0.29) is 37.5 Å². The van der Waals surface area contributed by atoms with Gasteiger partial charge in [-0.2, -0.15) is 0 Å². The van der Waals surface area contributed by atoms with E-state index in [1.54, 1.807) is 23.0 Å². The first-order valence-electron chi connectivity index (χ1n) is 19.0. The van der Waals surface area contributed by atoms with Gasteiger partial charge in [0, 0.05) is 117 Å². The van der Waals surface area contributed by atoms with Gasteiger partial charge >= 0.3 is 0 Å². The molecule has 3 heterocycles. The molecule has 0 saturated carbocycles. The number of nitrogens with zero attached hydrogens (tertiary/aromatic N) is 3. The van der Waals surface area contributed by atoms with Crippen LogP contribution < -0.4 is 27.0 Å². The summed E-state index contributed by atoms with van der Waals surface area (Å²) in [5.41, 5.74) is 15.4. The van der Waals surface area contributed by atoms with Crippen molar-refractivity contribution in [3.63, 3.8) is 0 Å². The van der Waals surface area contributed by atoms with Crippen LogP contribution in [0.15, 0.2) is 45.6 Å². The fraction of sp³-hybridized carbons (Fsp3) is 0.686. The molecule has 0 saturated heterocycles. The lowest BCUT2D eigenvalue weighted by Crippen LogP contribution is -2.40. The molecule has 0 radical (unpaired) electrons. The van der Waals surface area contributed by atoms with Crippen LogP contribution in [0.25, 0.3) is 0 Å². The Balaban J connectivity index is 0.000000467. The normalized spacial score (nSPS) is 17.2. The third-order valence-corrected chi connectivity index (χ3v) is 17.3. The maximum Gasteiger partial charge on any atom is 0.290 e. The monoisotopic (exact) mass is 1080 g/mol. The molecule has 26 heteroatoms. The summed E-state index contributed by atoms with van der Waals surface area (Å²) in [7, 11) is -8.06. The first-order chi connectivity index (χ1) is 28.9. The number of furan rings is 1. The highest BCUT2D eigenvalue weighted by atomic mass is 35.5. The molecule has 15 nitrogen and oxygen atoms in total. The lowest BCUT2D eigenvalue weighted by molar-refractivity contribution is 0.241. The molecule has 0 fully saturated rings. The number of halogens is 8. The Morgan fingerprint density at radius 1 is 0.754 bits per heavy atom. The smallest absolute Gasteiger partial charge is 0.290 e. The van der Waals surface area contributed by atoms with E-state index in [1.165, 1.54) is 0 Å². The lowest BCUT2D eigenvalue weighted by atomic mass is 10.2. The standard InChI is InChI=1S/C15H26Cl4N3O2P.C10H18Cl2N3O2P.C10H17Cl2N2O3P/c1-13-9-14(21(2)11-13)12-24-25(23,15(10-19)20-6-3-16)22(7-4-17)8-5-18;1-8-4-9(15-6-8)7-17-18(13,16)10(5-12)14-3-2-11;1-8-2-3-9(17-8)7-16-18(13,15)10(6-12)14-5-4-11/h9,11,15,20H,3-8,10,12H2,1-2H3;6,10,14H,2-5,7H2,1H3,(H2,13,16);2-3,10,14H,4-7H2,1H3,(H2,13,15). The van der Waals surface area contributed by atoms with Gasteiger partial charge in [-0.3, -0.25) is 29.7 Å². The molecule has 6 atom stereocenters. The number of alkyl halides is 8. The SMILES string of the molecule is CC1=CN=C(COP(N)(=O)C(CCl)NCCCl)C1.Cc1cc(COP(=O)(C(CCl)NCCCl)N(CCCl)CCCl)n(C)c1.Cc1ccc(COP(N)(=O)C(CCl)NCCCl)o1. The second kappa shape index (κ2) is 32.3. The van der Waals surface area contributed by atoms with Crippen molar-refractivity contribution in [1.82, 2.24) is 25.2 Å². The van der Waals surface area contributed by atoms with Crippen molar-refractivity contribution >= 4 is 121 Å². The average Bonchev–Trinajstić information content (AvgIpc) is 3.94.